The average molecular weight is 318 g/mol. The second-order valence-electron chi connectivity index (χ2n) is 6.36. The van der Waals surface area contributed by atoms with Gasteiger partial charge in [0.2, 0.25) is 5.91 Å². The van der Waals surface area contributed by atoms with Gasteiger partial charge in [-0.05, 0) is 43.6 Å². The number of aliphatic carboxylic acids is 1. The average Bonchev–Trinajstić information content (AvgIpc) is 2.55. The van der Waals surface area contributed by atoms with E-state index in [0.29, 0.717) is 5.69 Å². The molecule has 2 atom stereocenters. The Bertz CT molecular complexity index is 652. The highest BCUT2D eigenvalue weighted by atomic mass is 16.6. The third kappa shape index (κ3) is 2.91. The predicted molar refractivity (Wildman–Crippen MR) is 81.8 cm³/mol. The van der Waals surface area contributed by atoms with Crippen molar-refractivity contribution in [3.8, 4) is 0 Å². The van der Waals surface area contributed by atoms with Crippen LogP contribution in [0.3, 0.4) is 0 Å². The van der Waals surface area contributed by atoms with E-state index in [0.717, 1.165) is 25.7 Å². The number of hydrogen-bond donors (Lipinski definition) is 2. The van der Waals surface area contributed by atoms with Crippen LogP contribution in [0.1, 0.15) is 25.7 Å². The summed E-state index contributed by atoms with van der Waals surface area (Å²) >= 11 is 0. The highest BCUT2D eigenvalue weighted by Crippen LogP contribution is 2.49. The minimum Gasteiger partial charge on any atom is -0.481 e. The maximum Gasteiger partial charge on any atom is 0.307 e. The first-order valence-electron chi connectivity index (χ1n) is 7.75. The van der Waals surface area contributed by atoms with Crippen LogP contribution in [0.4, 0.5) is 11.4 Å². The summed E-state index contributed by atoms with van der Waals surface area (Å²) < 4.78 is 0. The van der Waals surface area contributed by atoms with E-state index in [1.54, 1.807) is 6.07 Å². The predicted octanol–water partition coefficient (Wildman–Crippen LogP) is 2.67. The fourth-order valence-electron chi connectivity index (χ4n) is 4.10. The lowest BCUT2D eigenvalue weighted by atomic mass is 9.58. The van der Waals surface area contributed by atoms with E-state index in [9.17, 15) is 24.8 Å². The van der Waals surface area contributed by atoms with Crippen LogP contribution in [-0.2, 0) is 9.59 Å². The molecule has 0 radical (unpaired) electrons. The summed E-state index contributed by atoms with van der Waals surface area (Å²) in [7, 11) is 0. The van der Waals surface area contributed by atoms with Gasteiger partial charge in [0.05, 0.1) is 16.8 Å². The van der Waals surface area contributed by atoms with Gasteiger partial charge >= 0.3 is 5.97 Å². The first kappa shape index (κ1) is 15.5. The summed E-state index contributed by atoms with van der Waals surface area (Å²) in [6.45, 7) is 0. The lowest BCUT2D eigenvalue weighted by Gasteiger charge is -2.45. The van der Waals surface area contributed by atoms with Crippen molar-refractivity contribution in [2.24, 2.45) is 23.7 Å². The minimum atomic E-state index is -0.918. The summed E-state index contributed by atoms with van der Waals surface area (Å²) in [5.41, 5.74) is 0.220. The highest BCUT2D eigenvalue weighted by Gasteiger charge is 2.50. The number of nitro benzene ring substituents is 1. The molecule has 7 heteroatoms. The maximum atomic E-state index is 12.6. The highest BCUT2D eigenvalue weighted by molar-refractivity contribution is 5.95. The second-order valence-corrected chi connectivity index (χ2v) is 6.36. The van der Waals surface area contributed by atoms with Gasteiger partial charge in [-0.25, -0.2) is 0 Å². The first-order chi connectivity index (χ1) is 11.0. The lowest BCUT2D eigenvalue weighted by molar-refractivity contribution is -0.384. The molecule has 3 saturated carbocycles. The molecule has 1 amide bonds. The van der Waals surface area contributed by atoms with Crippen LogP contribution < -0.4 is 5.32 Å². The number of nitrogens with zero attached hydrogens (tertiary/aromatic N) is 1. The van der Waals surface area contributed by atoms with Crippen molar-refractivity contribution in [3.05, 3.63) is 34.4 Å². The number of carbonyl (C=O) groups excluding carboxylic acids is 1. The van der Waals surface area contributed by atoms with Crippen molar-refractivity contribution < 1.29 is 19.6 Å². The Morgan fingerprint density at radius 3 is 2.30 bits per heavy atom. The lowest BCUT2D eigenvalue weighted by Crippen LogP contribution is -2.49. The van der Waals surface area contributed by atoms with Crippen molar-refractivity contribution in [2.75, 3.05) is 5.32 Å². The smallest absolute Gasteiger partial charge is 0.307 e. The van der Waals surface area contributed by atoms with E-state index in [1.165, 1.54) is 18.2 Å². The van der Waals surface area contributed by atoms with Crippen molar-refractivity contribution in [3.63, 3.8) is 0 Å². The van der Waals surface area contributed by atoms with Crippen molar-refractivity contribution in [2.45, 2.75) is 25.7 Å². The standard InChI is InChI=1S/C16H18N2O5/c19-15(17-11-2-1-3-12(8-11)18(22)23)13-9-4-6-10(7-5-9)14(13)16(20)21/h1-3,8-10,13-14H,4-7H2,(H,17,19)(H,20,21)/t9?,10?,13-,14-/m1/s1. The van der Waals surface area contributed by atoms with Crippen molar-refractivity contribution in [1.29, 1.82) is 0 Å². The van der Waals surface area contributed by atoms with E-state index < -0.39 is 22.7 Å². The molecular formula is C16H18N2O5. The monoisotopic (exact) mass is 318 g/mol. The van der Waals surface area contributed by atoms with Gasteiger partial charge in [0.25, 0.3) is 5.69 Å². The van der Waals surface area contributed by atoms with Gasteiger partial charge in [0, 0.05) is 17.8 Å². The van der Waals surface area contributed by atoms with E-state index in [4.69, 9.17) is 0 Å². The fourth-order valence-corrected chi connectivity index (χ4v) is 4.10. The number of carboxylic acid groups (broad SMARTS) is 1. The minimum absolute atomic E-state index is 0.0540. The normalized spacial score (nSPS) is 29.0. The molecule has 2 bridgehead atoms. The van der Waals surface area contributed by atoms with Gasteiger partial charge in [-0.15, -0.1) is 0 Å². The molecule has 0 aromatic heterocycles. The number of carboxylic acids is 1. The topological polar surface area (TPSA) is 110 Å². The van der Waals surface area contributed by atoms with Crippen LogP contribution in [0, 0.1) is 33.8 Å². The van der Waals surface area contributed by atoms with Crippen LogP contribution in [0.15, 0.2) is 24.3 Å². The molecule has 3 aliphatic carbocycles. The molecule has 3 fully saturated rings. The van der Waals surface area contributed by atoms with E-state index in [1.807, 2.05) is 0 Å². The quantitative estimate of drug-likeness (QED) is 0.655. The molecule has 0 unspecified atom stereocenters. The first-order valence-corrected chi connectivity index (χ1v) is 7.75. The summed E-state index contributed by atoms with van der Waals surface area (Å²) in [5, 5.41) is 23.0. The molecule has 0 spiro atoms. The number of benzene rings is 1. The van der Waals surface area contributed by atoms with Crippen LogP contribution in [0.25, 0.3) is 0 Å². The molecule has 0 heterocycles. The number of carbonyl (C=O) groups is 2. The summed E-state index contributed by atoms with van der Waals surface area (Å²) in [5.74, 6) is -2.33. The Morgan fingerprint density at radius 2 is 1.74 bits per heavy atom. The molecule has 3 aliphatic rings. The third-order valence-corrected chi connectivity index (χ3v) is 5.13. The van der Waals surface area contributed by atoms with Gasteiger partial charge in [0.15, 0.2) is 0 Å². The number of non-ortho nitro benzene ring substituents is 1. The Labute approximate surface area is 132 Å². The fraction of sp³-hybridized carbons (Fsp3) is 0.500. The van der Waals surface area contributed by atoms with Gasteiger partial charge < -0.3 is 10.4 Å². The van der Waals surface area contributed by atoms with Crippen LogP contribution in [0.2, 0.25) is 0 Å². The molecule has 2 N–H and O–H groups in total. The summed E-state index contributed by atoms with van der Waals surface area (Å²) in [6.07, 6.45) is 3.48. The van der Waals surface area contributed by atoms with Gasteiger partial charge in [-0.2, -0.15) is 0 Å². The Hall–Kier alpha value is -2.44. The molecule has 4 rings (SSSR count). The molecule has 23 heavy (non-hydrogen) atoms. The Morgan fingerprint density at radius 1 is 1.13 bits per heavy atom. The van der Waals surface area contributed by atoms with E-state index in [-0.39, 0.29) is 23.4 Å². The third-order valence-electron chi connectivity index (χ3n) is 5.13. The van der Waals surface area contributed by atoms with Crippen molar-refractivity contribution >= 4 is 23.3 Å². The summed E-state index contributed by atoms with van der Waals surface area (Å²) in [6, 6.07) is 5.70. The number of fused-ring (bicyclic) bond motifs is 3. The molecule has 0 saturated heterocycles. The van der Waals surface area contributed by atoms with Crippen molar-refractivity contribution in [1.82, 2.24) is 0 Å². The largest absolute Gasteiger partial charge is 0.481 e. The molecule has 7 nitrogen and oxygen atoms in total. The van der Waals surface area contributed by atoms with Crippen LogP contribution in [0.5, 0.6) is 0 Å². The number of hydrogen-bond acceptors (Lipinski definition) is 4. The van der Waals surface area contributed by atoms with Gasteiger partial charge in [-0.3, -0.25) is 19.7 Å². The van der Waals surface area contributed by atoms with Crippen LogP contribution >= 0.6 is 0 Å². The number of rotatable bonds is 4. The molecule has 122 valence electrons. The SMILES string of the molecule is O=C(O)[C@@H]1C2CCC(CC2)[C@H]1C(=O)Nc1cccc([N+](=O)[O-])c1. The zero-order valence-corrected chi connectivity index (χ0v) is 12.5. The van der Waals surface area contributed by atoms with Gasteiger partial charge in [0.1, 0.15) is 0 Å². The Balaban J connectivity index is 1.80. The zero-order valence-electron chi connectivity index (χ0n) is 12.5. The second kappa shape index (κ2) is 5.98. The summed E-state index contributed by atoms with van der Waals surface area (Å²) in [4.78, 5) is 34.5. The van der Waals surface area contributed by atoms with E-state index >= 15 is 0 Å². The Kier molecular flexibility index (Phi) is 4.02. The molecular weight excluding hydrogens is 300 g/mol. The van der Waals surface area contributed by atoms with Crippen LogP contribution in [-0.4, -0.2) is 21.9 Å². The van der Waals surface area contributed by atoms with Gasteiger partial charge in [-0.1, -0.05) is 6.07 Å². The molecule has 0 aliphatic heterocycles. The van der Waals surface area contributed by atoms with E-state index in [2.05, 4.69) is 5.32 Å². The number of nitro groups is 1. The molecule has 1 aromatic rings. The zero-order chi connectivity index (χ0) is 16.6. The number of anilines is 1. The number of amides is 1. The maximum absolute atomic E-state index is 12.6. The number of nitrogens with one attached hydrogen (secondary N) is 1. The molecule has 1 aromatic carbocycles.